The Kier molecular flexibility index (Phi) is 6.23. The Hall–Kier alpha value is -3.32. The van der Waals surface area contributed by atoms with Crippen LogP contribution in [0.2, 0.25) is 0 Å². The van der Waals surface area contributed by atoms with Crippen molar-refractivity contribution in [3.8, 4) is 6.07 Å². The minimum Gasteiger partial charge on any atom is -0.348 e. The van der Waals surface area contributed by atoms with Gasteiger partial charge in [-0.05, 0) is 43.4 Å². The van der Waals surface area contributed by atoms with Crippen LogP contribution >= 0.6 is 0 Å². The fourth-order valence-corrected chi connectivity index (χ4v) is 4.61. The van der Waals surface area contributed by atoms with Gasteiger partial charge in [0, 0.05) is 35.2 Å². The molecule has 1 amide bonds. The first-order valence-corrected chi connectivity index (χ1v) is 11.1. The monoisotopic (exact) mass is 411 g/mol. The topological polar surface area (TPSA) is 57.8 Å². The molecule has 1 saturated carbocycles. The van der Waals surface area contributed by atoms with Crippen molar-refractivity contribution in [2.75, 3.05) is 0 Å². The van der Waals surface area contributed by atoms with Crippen LogP contribution in [0.3, 0.4) is 0 Å². The van der Waals surface area contributed by atoms with E-state index in [1.165, 1.54) is 17.5 Å². The lowest BCUT2D eigenvalue weighted by Crippen LogP contribution is -2.41. The van der Waals surface area contributed by atoms with Crippen LogP contribution in [0.5, 0.6) is 0 Å². The lowest BCUT2D eigenvalue weighted by Gasteiger charge is -2.29. The second kappa shape index (κ2) is 9.22. The maximum Gasteiger partial charge on any atom is 0.262 e. The molecule has 0 saturated heterocycles. The van der Waals surface area contributed by atoms with Crippen LogP contribution in [0.4, 0.5) is 0 Å². The van der Waals surface area contributed by atoms with E-state index in [-0.39, 0.29) is 17.5 Å². The molecule has 1 N–H and O–H groups in total. The Morgan fingerprint density at radius 3 is 2.77 bits per heavy atom. The fraction of sp³-hybridized carbons (Fsp3) is 0.333. The van der Waals surface area contributed by atoms with Crippen LogP contribution in [0, 0.1) is 24.2 Å². The average molecular weight is 412 g/mol. The maximum atomic E-state index is 12.9. The van der Waals surface area contributed by atoms with Crippen molar-refractivity contribution in [2.24, 2.45) is 5.92 Å². The van der Waals surface area contributed by atoms with Gasteiger partial charge in [0.2, 0.25) is 0 Å². The SMILES string of the molecule is Cc1cccc(Cn2cc(/C=C(\C#N)C(=O)N[C@H]3CCCC[C@@H]3C)c3ccccc32)c1. The molecule has 1 fully saturated rings. The van der Waals surface area contributed by atoms with E-state index in [0.717, 1.165) is 42.3 Å². The summed E-state index contributed by atoms with van der Waals surface area (Å²) in [5.74, 6) is 0.186. The van der Waals surface area contributed by atoms with Gasteiger partial charge < -0.3 is 9.88 Å². The summed E-state index contributed by atoms with van der Waals surface area (Å²) >= 11 is 0. The molecule has 2 atom stereocenters. The summed E-state index contributed by atoms with van der Waals surface area (Å²) in [5.41, 5.74) is 4.60. The zero-order valence-corrected chi connectivity index (χ0v) is 18.3. The summed E-state index contributed by atoms with van der Waals surface area (Å²) < 4.78 is 2.19. The summed E-state index contributed by atoms with van der Waals surface area (Å²) in [7, 11) is 0. The van der Waals surface area contributed by atoms with Gasteiger partial charge in [0.25, 0.3) is 5.91 Å². The number of benzene rings is 2. The number of nitriles is 1. The highest BCUT2D eigenvalue weighted by molar-refractivity contribution is 6.04. The summed E-state index contributed by atoms with van der Waals surface area (Å²) in [6, 6.07) is 18.9. The molecule has 0 bridgehead atoms. The highest BCUT2D eigenvalue weighted by Crippen LogP contribution is 2.26. The van der Waals surface area contributed by atoms with Crippen molar-refractivity contribution in [1.29, 1.82) is 5.26 Å². The van der Waals surface area contributed by atoms with Gasteiger partial charge >= 0.3 is 0 Å². The number of para-hydroxylation sites is 1. The molecule has 4 heteroatoms. The van der Waals surface area contributed by atoms with Gasteiger partial charge in [-0.15, -0.1) is 0 Å². The third-order valence-electron chi connectivity index (χ3n) is 6.35. The van der Waals surface area contributed by atoms with E-state index in [1.54, 1.807) is 6.08 Å². The molecule has 0 unspecified atom stereocenters. The van der Waals surface area contributed by atoms with E-state index >= 15 is 0 Å². The lowest BCUT2D eigenvalue weighted by molar-refractivity contribution is -0.118. The number of carbonyl (C=O) groups is 1. The number of nitrogens with zero attached hydrogens (tertiary/aromatic N) is 2. The summed E-state index contributed by atoms with van der Waals surface area (Å²) in [4.78, 5) is 12.9. The molecule has 1 heterocycles. The van der Waals surface area contributed by atoms with Crippen molar-refractivity contribution < 1.29 is 4.79 Å². The Bertz CT molecular complexity index is 1160. The average Bonchev–Trinajstić information content (AvgIpc) is 3.11. The molecule has 0 aliphatic heterocycles. The standard InChI is InChI=1S/C27H29N3O/c1-19-8-7-10-21(14-19)17-30-18-23(24-11-4-6-13-26(24)30)15-22(16-28)27(31)29-25-12-5-3-9-20(25)2/h4,6-8,10-11,13-15,18,20,25H,3,5,9,12,17H2,1-2H3,(H,29,31)/b22-15+/t20-,25-/m0/s1. The predicted octanol–water partition coefficient (Wildman–Crippen LogP) is 5.60. The van der Waals surface area contributed by atoms with Crippen LogP contribution in [-0.2, 0) is 11.3 Å². The van der Waals surface area contributed by atoms with Gasteiger partial charge in [0.15, 0.2) is 0 Å². The molecular formula is C27H29N3O. The van der Waals surface area contributed by atoms with E-state index in [2.05, 4.69) is 60.1 Å². The number of rotatable bonds is 5. The zero-order valence-electron chi connectivity index (χ0n) is 18.3. The number of amides is 1. The van der Waals surface area contributed by atoms with Crippen LogP contribution in [0.1, 0.15) is 49.3 Å². The number of nitrogens with one attached hydrogen (secondary N) is 1. The van der Waals surface area contributed by atoms with E-state index in [1.807, 2.05) is 24.4 Å². The first-order valence-electron chi connectivity index (χ1n) is 11.1. The molecule has 1 aromatic heterocycles. The van der Waals surface area contributed by atoms with Crippen LogP contribution in [0.15, 0.2) is 60.3 Å². The van der Waals surface area contributed by atoms with Gasteiger partial charge in [-0.3, -0.25) is 4.79 Å². The fourth-order valence-electron chi connectivity index (χ4n) is 4.61. The van der Waals surface area contributed by atoms with Gasteiger partial charge in [0.1, 0.15) is 11.6 Å². The third-order valence-corrected chi connectivity index (χ3v) is 6.35. The first-order chi connectivity index (χ1) is 15.0. The van der Waals surface area contributed by atoms with Crippen molar-refractivity contribution in [1.82, 2.24) is 9.88 Å². The molecule has 4 rings (SSSR count). The summed E-state index contributed by atoms with van der Waals surface area (Å²) in [6.07, 6.45) is 8.24. The van der Waals surface area contributed by atoms with Crippen LogP contribution < -0.4 is 5.32 Å². The van der Waals surface area contributed by atoms with Crippen molar-refractivity contribution in [3.05, 3.63) is 77.0 Å². The number of fused-ring (bicyclic) bond motifs is 1. The van der Waals surface area contributed by atoms with Crippen molar-refractivity contribution >= 4 is 22.9 Å². The smallest absolute Gasteiger partial charge is 0.262 e. The number of hydrogen-bond acceptors (Lipinski definition) is 2. The number of aromatic nitrogens is 1. The third kappa shape index (κ3) is 4.72. The molecule has 158 valence electrons. The molecular weight excluding hydrogens is 382 g/mol. The first kappa shape index (κ1) is 20.9. The second-order valence-corrected chi connectivity index (χ2v) is 8.73. The van der Waals surface area contributed by atoms with Gasteiger partial charge in [-0.1, -0.05) is 67.8 Å². The predicted molar refractivity (Wildman–Crippen MR) is 125 cm³/mol. The Labute approximate surface area is 184 Å². The molecule has 1 aliphatic carbocycles. The molecule has 31 heavy (non-hydrogen) atoms. The van der Waals surface area contributed by atoms with Crippen LogP contribution in [-0.4, -0.2) is 16.5 Å². The molecule has 2 aromatic carbocycles. The van der Waals surface area contributed by atoms with E-state index in [9.17, 15) is 10.1 Å². The van der Waals surface area contributed by atoms with E-state index in [0.29, 0.717) is 5.92 Å². The number of hydrogen-bond donors (Lipinski definition) is 1. The Morgan fingerprint density at radius 1 is 1.19 bits per heavy atom. The molecule has 3 aromatic rings. The van der Waals surface area contributed by atoms with Gasteiger partial charge in [-0.25, -0.2) is 0 Å². The Balaban J connectivity index is 1.64. The van der Waals surface area contributed by atoms with Crippen molar-refractivity contribution in [3.63, 3.8) is 0 Å². The second-order valence-electron chi connectivity index (χ2n) is 8.73. The zero-order chi connectivity index (χ0) is 21.8. The van der Waals surface area contributed by atoms with Crippen molar-refractivity contribution in [2.45, 2.75) is 52.1 Å². The summed E-state index contributed by atoms with van der Waals surface area (Å²) in [6.45, 7) is 5.01. The number of carbonyl (C=O) groups excluding carboxylic acids is 1. The quantitative estimate of drug-likeness (QED) is 0.439. The highest BCUT2D eigenvalue weighted by Gasteiger charge is 2.24. The van der Waals surface area contributed by atoms with E-state index in [4.69, 9.17) is 0 Å². The van der Waals surface area contributed by atoms with Crippen LogP contribution in [0.25, 0.3) is 17.0 Å². The Morgan fingerprint density at radius 2 is 2.00 bits per heavy atom. The van der Waals surface area contributed by atoms with Gasteiger partial charge in [-0.2, -0.15) is 5.26 Å². The lowest BCUT2D eigenvalue weighted by atomic mass is 9.86. The number of aryl methyl sites for hydroxylation is 1. The van der Waals surface area contributed by atoms with Gasteiger partial charge in [0.05, 0.1) is 0 Å². The molecule has 1 aliphatic rings. The minimum absolute atomic E-state index is 0.153. The molecule has 0 spiro atoms. The molecule has 4 nitrogen and oxygen atoms in total. The maximum absolute atomic E-state index is 12.9. The molecule has 0 radical (unpaired) electrons. The normalized spacial score (nSPS) is 19.2. The summed E-state index contributed by atoms with van der Waals surface area (Å²) in [5, 5.41) is 13.9. The minimum atomic E-state index is -0.267. The van der Waals surface area contributed by atoms with E-state index < -0.39 is 0 Å². The highest BCUT2D eigenvalue weighted by atomic mass is 16.1. The largest absolute Gasteiger partial charge is 0.348 e.